The number of aromatic amines is 1. The van der Waals surface area contributed by atoms with Gasteiger partial charge in [0.25, 0.3) is 0 Å². The van der Waals surface area contributed by atoms with E-state index in [1.165, 1.54) is 0 Å². The predicted molar refractivity (Wildman–Crippen MR) is 123 cm³/mol. The van der Waals surface area contributed by atoms with E-state index >= 15 is 0 Å². The maximum Gasteiger partial charge on any atom is 0.222 e. The third kappa shape index (κ3) is 5.41. The summed E-state index contributed by atoms with van der Waals surface area (Å²) in [5.74, 6) is 7.34. The minimum atomic E-state index is 0.185. The molecule has 3 heterocycles. The van der Waals surface area contributed by atoms with E-state index < -0.39 is 0 Å². The van der Waals surface area contributed by atoms with Crippen molar-refractivity contribution in [2.24, 2.45) is 0 Å². The van der Waals surface area contributed by atoms with E-state index in [0.717, 1.165) is 54.0 Å². The van der Waals surface area contributed by atoms with Crippen molar-refractivity contribution in [2.75, 3.05) is 39.0 Å². The third-order valence-electron chi connectivity index (χ3n) is 5.42. The summed E-state index contributed by atoms with van der Waals surface area (Å²) in [6.45, 7) is 2.42. The van der Waals surface area contributed by atoms with Crippen molar-refractivity contribution in [2.45, 2.75) is 25.3 Å². The molecule has 1 saturated heterocycles. The second kappa shape index (κ2) is 9.63. The maximum absolute atomic E-state index is 12.5. The third-order valence-corrected chi connectivity index (χ3v) is 5.42. The Balaban J connectivity index is 1.41. The number of carbonyl (C=O) groups excluding carboxylic acids is 1. The van der Waals surface area contributed by atoms with Gasteiger partial charge >= 0.3 is 0 Å². The quantitative estimate of drug-likeness (QED) is 0.604. The zero-order chi connectivity index (χ0) is 21.6. The normalized spacial score (nSPS) is 15.8. The molecule has 1 aliphatic rings. The molecule has 1 fully saturated rings. The number of anilines is 1. The molecule has 0 radical (unpaired) electrons. The van der Waals surface area contributed by atoms with E-state index in [1.807, 2.05) is 55.4 Å². The Morgan fingerprint density at radius 2 is 2.10 bits per heavy atom. The van der Waals surface area contributed by atoms with Gasteiger partial charge in [0, 0.05) is 31.1 Å². The fourth-order valence-corrected chi connectivity index (χ4v) is 3.79. The first-order chi connectivity index (χ1) is 15.1. The number of hydrogen-bond acceptors (Lipinski definition) is 5. The fourth-order valence-electron chi connectivity index (χ4n) is 3.79. The second-order valence-corrected chi connectivity index (χ2v) is 8.16. The Kier molecular flexibility index (Phi) is 6.48. The minimum absolute atomic E-state index is 0.185. The van der Waals surface area contributed by atoms with Crippen LogP contribution in [0.4, 0.5) is 5.82 Å². The molecule has 1 atom stereocenters. The van der Waals surface area contributed by atoms with E-state index in [1.54, 1.807) is 6.33 Å². The molecular formula is C24H28N6O. The zero-order valence-corrected chi connectivity index (χ0v) is 18.1. The van der Waals surface area contributed by atoms with Crippen molar-refractivity contribution in [1.82, 2.24) is 24.8 Å². The summed E-state index contributed by atoms with van der Waals surface area (Å²) >= 11 is 0. The Bertz CT molecular complexity index is 1100. The van der Waals surface area contributed by atoms with Gasteiger partial charge in [0.1, 0.15) is 17.8 Å². The van der Waals surface area contributed by atoms with E-state index in [-0.39, 0.29) is 11.9 Å². The summed E-state index contributed by atoms with van der Waals surface area (Å²) in [6.07, 6.45) is 3.96. The highest BCUT2D eigenvalue weighted by Crippen LogP contribution is 2.23. The molecule has 1 aliphatic heterocycles. The number of nitrogens with one attached hydrogen (secondary N) is 2. The van der Waals surface area contributed by atoms with Crippen LogP contribution in [0.3, 0.4) is 0 Å². The Labute approximate surface area is 182 Å². The number of amides is 1. The van der Waals surface area contributed by atoms with E-state index in [0.29, 0.717) is 13.0 Å². The van der Waals surface area contributed by atoms with Gasteiger partial charge in [-0.05, 0) is 57.6 Å². The van der Waals surface area contributed by atoms with Crippen LogP contribution < -0.4 is 5.32 Å². The minimum Gasteiger partial charge on any atom is -0.365 e. The standard InChI is InChI=1S/C24H28N6O/c1-29(2)13-6-9-22(31)30-14-12-20(16-30)28-24-21-15-19(27-23(21)25-17-26-24)11-10-18-7-4-3-5-8-18/h3-5,7-8,15,17,20H,6,9,12-14,16H2,1-2H3,(H2,25,26,27,28)/t20-/m1/s1. The SMILES string of the molecule is CN(C)CCCC(=O)N1CC[C@@H](Nc2ncnc3[nH]c(C#Cc4ccccc4)cc23)C1. The molecule has 160 valence electrons. The lowest BCUT2D eigenvalue weighted by Crippen LogP contribution is -2.32. The fraction of sp³-hybridized carbons (Fsp3) is 0.375. The van der Waals surface area contributed by atoms with Crippen molar-refractivity contribution >= 4 is 22.8 Å². The first kappa shape index (κ1) is 20.9. The van der Waals surface area contributed by atoms with Crippen LogP contribution in [-0.4, -0.2) is 70.4 Å². The first-order valence-corrected chi connectivity index (χ1v) is 10.7. The summed E-state index contributed by atoms with van der Waals surface area (Å²) in [7, 11) is 4.06. The van der Waals surface area contributed by atoms with Gasteiger partial charge in [-0.1, -0.05) is 24.1 Å². The van der Waals surface area contributed by atoms with Gasteiger partial charge < -0.3 is 20.1 Å². The monoisotopic (exact) mass is 416 g/mol. The van der Waals surface area contributed by atoms with Crippen LogP contribution in [0.1, 0.15) is 30.5 Å². The smallest absolute Gasteiger partial charge is 0.222 e. The number of hydrogen-bond donors (Lipinski definition) is 2. The van der Waals surface area contributed by atoms with Gasteiger partial charge in [-0.2, -0.15) is 0 Å². The highest BCUT2D eigenvalue weighted by molar-refractivity contribution is 5.88. The summed E-state index contributed by atoms with van der Waals surface area (Å²) in [6, 6.07) is 12.0. The van der Waals surface area contributed by atoms with Crippen molar-refractivity contribution in [1.29, 1.82) is 0 Å². The molecular weight excluding hydrogens is 388 g/mol. The molecule has 0 unspecified atom stereocenters. The molecule has 7 nitrogen and oxygen atoms in total. The zero-order valence-electron chi connectivity index (χ0n) is 18.1. The summed E-state index contributed by atoms with van der Waals surface area (Å²) in [5, 5.41) is 4.42. The van der Waals surface area contributed by atoms with Crippen LogP contribution in [0.15, 0.2) is 42.7 Å². The number of aromatic nitrogens is 3. The highest BCUT2D eigenvalue weighted by Gasteiger charge is 2.26. The molecule has 0 spiro atoms. The van der Waals surface area contributed by atoms with Crippen molar-refractivity contribution < 1.29 is 4.79 Å². The Morgan fingerprint density at radius 1 is 1.26 bits per heavy atom. The second-order valence-electron chi connectivity index (χ2n) is 8.16. The number of nitrogens with zero attached hydrogens (tertiary/aromatic N) is 4. The van der Waals surface area contributed by atoms with Crippen LogP contribution in [0, 0.1) is 11.8 Å². The van der Waals surface area contributed by atoms with Crippen molar-refractivity contribution in [3.63, 3.8) is 0 Å². The van der Waals surface area contributed by atoms with E-state index in [2.05, 4.69) is 37.0 Å². The molecule has 2 aromatic heterocycles. The van der Waals surface area contributed by atoms with Gasteiger partial charge in [-0.15, -0.1) is 0 Å². The maximum atomic E-state index is 12.5. The summed E-state index contributed by atoms with van der Waals surface area (Å²) in [4.78, 5) is 28.6. The lowest BCUT2D eigenvalue weighted by Gasteiger charge is -2.18. The van der Waals surface area contributed by atoms with Gasteiger partial charge in [-0.3, -0.25) is 4.79 Å². The summed E-state index contributed by atoms with van der Waals surface area (Å²) < 4.78 is 0. The molecule has 31 heavy (non-hydrogen) atoms. The number of carbonyl (C=O) groups is 1. The summed E-state index contributed by atoms with van der Waals surface area (Å²) in [5.41, 5.74) is 2.52. The van der Waals surface area contributed by atoms with Crippen LogP contribution in [0.25, 0.3) is 11.0 Å². The molecule has 4 rings (SSSR count). The van der Waals surface area contributed by atoms with Crippen molar-refractivity contribution in [3.05, 3.63) is 54.0 Å². The topological polar surface area (TPSA) is 77.2 Å². The lowest BCUT2D eigenvalue weighted by atomic mass is 10.2. The number of benzene rings is 1. The molecule has 3 aromatic rings. The molecule has 0 aliphatic carbocycles. The number of fused-ring (bicyclic) bond motifs is 1. The predicted octanol–water partition coefficient (Wildman–Crippen LogP) is 2.71. The molecule has 0 bridgehead atoms. The van der Waals surface area contributed by atoms with E-state index in [9.17, 15) is 4.79 Å². The van der Waals surface area contributed by atoms with Gasteiger partial charge in [0.15, 0.2) is 0 Å². The molecule has 0 saturated carbocycles. The molecule has 1 aromatic carbocycles. The van der Waals surface area contributed by atoms with Crippen LogP contribution in [-0.2, 0) is 4.79 Å². The van der Waals surface area contributed by atoms with Gasteiger partial charge in [0.2, 0.25) is 5.91 Å². The molecule has 1 amide bonds. The first-order valence-electron chi connectivity index (χ1n) is 10.7. The Morgan fingerprint density at radius 3 is 2.90 bits per heavy atom. The molecule has 2 N–H and O–H groups in total. The van der Waals surface area contributed by atoms with Crippen LogP contribution >= 0.6 is 0 Å². The number of H-pyrrole nitrogens is 1. The van der Waals surface area contributed by atoms with Crippen LogP contribution in [0.5, 0.6) is 0 Å². The van der Waals surface area contributed by atoms with E-state index in [4.69, 9.17) is 0 Å². The van der Waals surface area contributed by atoms with Gasteiger partial charge in [0.05, 0.1) is 11.1 Å². The largest absolute Gasteiger partial charge is 0.365 e. The van der Waals surface area contributed by atoms with Gasteiger partial charge in [-0.25, -0.2) is 9.97 Å². The Hall–Kier alpha value is -3.37. The molecule has 7 heteroatoms. The number of rotatable bonds is 6. The lowest BCUT2D eigenvalue weighted by molar-refractivity contribution is -0.130. The highest BCUT2D eigenvalue weighted by atomic mass is 16.2. The van der Waals surface area contributed by atoms with Crippen LogP contribution in [0.2, 0.25) is 0 Å². The average molecular weight is 417 g/mol. The van der Waals surface area contributed by atoms with Crippen molar-refractivity contribution in [3.8, 4) is 11.8 Å². The average Bonchev–Trinajstić information content (AvgIpc) is 3.40. The number of likely N-dealkylation sites (tertiary alicyclic amines) is 1.